The summed E-state index contributed by atoms with van der Waals surface area (Å²) in [6, 6.07) is 0. The van der Waals surface area contributed by atoms with Crippen LogP contribution in [0.2, 0.25) is 0 Å². The van der Waals surface area contributed by atoms with E-state index in [4.69, 9.17) is 5.11 Å². The van der Waals surface area contributed by atoms with Crippen molar-refractivity contribution >= 4 is 17.1 Å². The lowest BCUT2D eigenvalue weighted by Gasteiger charge is -2.07. The monoisotopic (exact) mass is 293 g/mol. The average molecular weight is 293 g/mol. The second-order valence-electron chi connectivity index (χ2n) is 4.64. The molecule has 0 radical (unpaired) electrons. The van der Waals surface area contributed by atoms with Crippen LogP contribution in [0, 0.1) is 0 Å². The van der Waals surface area contributed by atoms with Crippen molar-refractivity contribution in [3.63, 3.8) is 0 Å². The van der Waals surface area contributed by atoms with E-state index in [1.165, 1.54) is 11.6 Å². The first-order valence-electron chi connectivity index (χ1n) is 6.65. The maximum atomic E-state index is 12.4. The SMILES string of the molecule is CC=CCn1c(NCCO)nc2c1c(=O)n(C)c(=O)n2C. The van der Waals surface area contributed by atoms with Gasteiger partial charge >= 0.3 is 5.69 Å². The highest BCUT2D eigenvalue weighted by Crippen LogP contribution is 2.15. The lowest BCUT2D eigenvalue weighted by Crippen LogP contribution is -2.37. The first-order chi connectivity index (χ1) is 10.0. The van der Waals surface area contributed by atoms with Gasteiger partial charge in [0.25, 0.3) is 5.56 Å². The van der Waals surface area contributed by atoms with E-state index in [-0.39, 0.29) is 12.2 Å². The number of nitrogens with zero attached hydrogens (tertiary/aromatic N) is 4. The molecule has 0 aliphatic heterocycles. The first kappa shape index (κ1) is 15.0. The van der Waals surface area contributed by atoms with Crippen molar-refractivity contribution in [1.29, 1.82) is 0 Å². The molecule has 0 fully saturated rings. The zero-order chi connectivity index (χ0) is 15.6. The summed E-state index contributed by atoms with van der Waals surface area (Å²) in [5, 5.41) is 11.9. The Labute approximate surface area is 121 Å². The minimum atomic E-state index is -0.420. The normalized spacial score (nSPS) is 11.6. The van der Waals surface area contributed by atoms with Gasteiger partial charge in [-0.1, -0.05) is 12.2 Å². The van der Waals surface area contributed by atoms with Crippen molar-refractivity contribution in [1.82, 2.24) is 18.7 Å². The van der Waals surface area contributed by atoms with E-state index in [1.807, 2.05) is 19.1 Å². The van der Waals surface area contributed by atoms with Crippen LogP contribution in [0.25, 0.3) is 11.2 Å². The zero-order valence-corrected chi connectivity index (χ0v) is 12.3. The Balaban J connectivity index is 2.80. The van der Waals surface area contributed by atoms with Gasteiger partial charge in [-0.05, 0) is 6.92 Å². The number of rotatable bonds is 5. The van der Waals surface area contributed by atoms with Crippen LogP contribution >= 0.6 is 0 Å². The molecule has 0 amide bonds. The van der Waals surface area contributed by atoms with Crippen LogP contribution in [0.15, 0.2) is 21.7 Å². The van der Waals surface area contributed by atoms with Crippen LogP contribution in [0.1, 0.15) is 6.92 Å². The number of aryl methyl sites for hydroxylation is 1. The van der Waals surface area contributed by atoms with Gasteiger partial charge in [0.15, 0.2) is 11.2 Å². The van der Waals surface area contributed by atoms with Crippen molar-refractivity contribution < 1.29 is 5.11 Å². The van der Waals surface area contributed by atoms with Gasteiger partial charge in [0.2, 0.25) is 5.95 Å². The van der Waals surface area contributed by atoms with Crippen LogP contribution in [0.5, 0.6) is 0 Å². The summed E-state index contributed by atoms with van der Waals surface area (Å²) < 4.78 is 4.10. The highest BCUT2D eigenvalue weighted by atomic mass is 16.3. The molecular weight excluding hydrogens is 274 g/mol. The number of hydrogen-bond donors (Lipinski definition) is 2. The summed E-state index contributed by atoms with van der Waals surface area (Å²) in [6.45, 7) is 2.60. The molecule has 21 heavy (non-hydrogen) atoms. The minimum Gasteiger partial charge on any atom is -0.395 e. The molecule has 0 aliphatic carbocycles. The highest BCUT2D eigenvalue weighted by molar-refractivity contribution is 5.74. The van der Waals surface area contributed by atoms with E-state index in [0.29, 0.717) is 30.2 Å². The molecule has 8 heteroatoms. The third-order valence-electron chi connectivity index (χ3n) is 3.27. The Morgan fingerprint density at radius 3 is 2.62 bits per heavy atom. The summed E-state index contributed by atoms with van der Waals surface area (Å²) in [4.78, 5) is 28.6. The predicted octanol–water partition coefficient (Wildman–Crippen LogP) is -0.586. The van der Waals surface area contributed by atoms with Gasteiger partial charge in [-0.25, -0.2) is 4.79 Å². The standard InChI is InChI=1S/C13H19N5O3/c1-4-5-7-18-9-10(15-12(18)14-6-8-19)16(2)13(21)17(3)11(9)20/h4-5,19H,6-8H2,1-3H3,(H,14,15). The largest absolute Gasteiger partial charge is 0.395 e. The zero-order valence-electron chi connectivity index (χ0n) is 12.3. The lowest BCUT2D eigenvalue weighted by molar-refractivity contribution is 0.310. The molecule has 114 valence electrons. The summed E-state index contributed by atoms with van der Waals surface area (Å²) in [5.74, 6) is 0.454. The maximum Gasteiger partial charge on any atom is 0.332 e. The van der Waals surface area contributed by atoms with Crippen LogP contribution < -0.4 is 16.6 Å². The topological polar surface area (TPSA) is 94.1 Å². The first-order valence-corrected chi connectivity index (χ1v) is 6.65. The number of aliphatic hydroxyl groups excluding tert-OH is 1. The van der Waals surface area contributed by atoms with Gasteiger partial charge in [0.1, 0.15) is 0 Å². The molecule has 0 aromatic carbocycles. The smallest absolute Gasteiger partial charge is 0.332 e. The molecule has 2 N–H and O–H groups in total. The van der Waals surface area contributed by atoms with Crippen LogP contribution in [0.4, 0.5) is 5.95 Å². The van der Waals surface area contributed by atoms with Crippen LogP contribution in [0.3, 0.4) is 0 Å². The second-order valence-corrected chi connectivity index (χ2v) is 4.64. The minimum absolute atomic E-state index is 0.0518. The van der Waals surface area contributed by atoms with Crippen LogP contribution in [-0.4, -0.2) is 36.9 Å². The van der Waals surface area contributed by atoms with Gasteiger partial charge in [-0.3, -0.25) is 13.9 Å². The number of fused-ring (bicyclic) bond motifs is 1. The molecule has 2 aromatic heterocycles. The molecule has 0 saturated heterocycles. The Morgan fingerprint density at radius 1 is 1.29 bits per heavy atom. The Morgan fingerprint density at radius 2 is 2.00 bits per heavy atom. The molecule has 0 spiro atoms. The molecule has 2 aromatic rings. The van der Waals surface area contributed by atoms with Gasteiger partial charge in [-0.2, -0.15) is 4.98 Å². The molecule has 2 heterocycles. The van der Waals surface area contributed by atoms with Gasteiger partial charge in [0, 0.05) is 27.2 Å². The molecule has 0 aliphatic rings. The number of nitrogens with one attached hydrogen (secondary N) is 1. The average Bonchev–Trinajstić information content (AvgIpc) is 2.85. The van der Waals surface area contributed by atoms with Crippen molar-refractivity contribution in [2.45, 2.75) is 13.5 Å². The lowest BCUT2D eigenvalue weighted by atomic mass is 10.4. The third kappa shape index (κ3) is 2.49. The fourth-order valence-corrected chi connectivity index (χ4v) is 2.14. The highest BCUT2D eigenvalue weighted by Gasteiger charge is 2.18. The van der Waals surface area contributed by atoms with E-state index in [0.717, 1.165) is 4.57 Å². The number of anilines is 1. The number of hydrogen-bond acceptors (Lipinski definition) is 5. The molecule has 0 saturated carbocycles. The molecular formula is C13H19N5O3. The molecule has 8 nitrogen and oxygen atoms in total. The van der Waals surface area contributed by atoms with Crippen molar-refractivity contribution in [3.05, 3.63) is 33.0 Å². The quantitative estimate of drug-likeness (QED) is 0.719. The van der Waals surface area contributed by atoms with Crippen molar-refractivity contribution in [2.24, 2.45) is 14.1 Å². The van der Waals surface area contributed by atoms with E-state index in [2.05, 4.69) is 10.3 Å². The van der Waals surface area contributed by atoms with Crippen molar-refractivity contribution in [2.75, 3.05) is 18.5 Å². The van der Waals surface area contributed by atoms with E-state index in [1.54, 1.807) is 11.6 Å². The summed E-state index contributed by atoms with van der Waals surface area (Å²) >= 11 is 0. The summed E-state index contributed by atoms with van der Waals surface area (Å²) in [6.07, 6.45) is 3.75. The van der Waals surface area contributed by atoms with Crippen LogP contribution in [-0.2, 0) is 20.6 Å². The van der Waals surface area contributed by atoms with E-state index in [9.17, 15) is 9.59 Å². The summed E-state index contributed by atoms with van der Waals surface area (Å²) in [7, 11) is 3.02. The predicted molar refractivity (Wildman–Crippen MR) is 80.6 cm³/mol. The fraction of sp³-hybridized carbons (Fsp3) is 0.462. The number of allylic oxidation sites excluding steroid dienone is 2. The molecule has 0 atom stereocenters. The number of aliphatic hydroxyl groups is 1. The van der Waals surface area contributed by atoms with E-state index >= 15 is 0 Å². The van der Waals surface area contributed by atoms with Crippen molar-refractivity contribution in [3.8, 4) is 0 Å². The molecule has 2 rings (SSSR count). The number of imidazole rings is 1. The Bertz CT molecular complexity index is 797. The molecule has 0 bridgehead atoms. The van der Waals surface area contributed by atoms with E-state index < -0.39 is 5.69 Å². The number of aromatic nitrogens is 4. The maximum absolute atomic E-state index is 12.4. The van der Waals surface area contributed by atoms with Gasteiger partial charge in [0.05, 0.1) is 6.61 Å². The fourth-order valence-electron chi connectivity index (χ4n) is 2.14. The third-order valence-corrected chi connectivity index (χ3v) is 3.27. The summed E-state index contributed by atoms with van der Waals surface area (Å²) in [5.41, 5.74) is -0.120. The molecule has 0 unspecified atom stereocenters. The second kappa shape index (κ2) is 5.96. The van der Waals surface area contributed by atoms with Gasteiger partial charge < -0.3 is 15.0 Å². The Kier molecular flexibility index (Phi) is 4.27. The van der Waals surface area contributed by atoms with Gasteiger partial charge in [-0.15, -0.1) is 0 Å². The Hall–Kier alpha value is -2.35.